The summed E-state index contributed by atoms with van der Waals surface area (Å²) in [6.45, 7) is 7.13. The molecule has 2 unspecified atom stereocenters. The van der Waals surface area contributed by atoms with E-state index in [1.54, 1.807) is 9.36 Å². The zero-order valence-corrected chi connectivity index (χ0v) is 25.4. The predicted molar refractivity (Wildman–Crippen MR) is 160 cm³/mol. The second-order valence-corrected chi connectivity index (χ2v) is 13.5. The third-order valence-corrected chi connectivity index (χ3v) is 8.91. The van der Waals surface area contributed by atoms with Gasteiger partial charge in [0.25, 0.3) is 0 Å². The van der Waals surface area contributed by atoms with E-state index in [1.165, 1.54) is 23.5 Å². The van der Waals surface area contributed by atoms with Crippen molar-refractivity contribution in [2.75, 3.05) is 18.1 Å². The molecule has 0 radical (unpaired) electrons. The Morgan fingerprint density at radius 2 is 1.33 bits per heavy atom. The van der Waals surface area contributed by atoms with Gasteiger partial charge in [-0.2, -0.15) is 9.36 Å². The molecule has 4 aromatic rings. The van der Waals surface area contributed by atoms with Crippen LogP contribution in [0.25, 0.3) is 11.4 Å². The van der Waals surface area contributed by atoms with Crippen LogP contribution in [0.4, 0.5) is 0 Å². The normalized spacial score (nSPS) is 19.7. The highest BCUT2D eigenvalue weighted by molar-refractivity contribution is 8.00. The monoisotopic (exact) mass is 606 g/mol. The van der Waals surface area contributed by atoms with E-state index in [4.69, 9.17) is 0 Å². The fourth-order valence-corrected chi connectivity index (χ4v) is 7.19. The van der Waals surface area contributed by atoms with Crippen molar-refractivity contribution in [3.63, 3.8) is 0 Å². The van der Waals surface area contributed by atoms with Crippen LogP contribution in [0, 0.1) is 10.8 Å². The largest absolute Gasteiger partial charge is 0.355 e. The van der Waals surface area contributed by atoms with Crippen LogP contribution in [-0.2, 0) is 9.59 Å². The third kappa shape index (κ3) is 7.73. The molecule has 0 spiro atoms. The minimum Gasteiger partial charge on any atom is -0.355 e. The number of para-hydroxylation sites is 2. The summed E-state index contributed by atoms with van der Waals surface area (Å²) in [5.74, 6) is 0.258. The Kier molecular flexibility index (Phi) is 9.21. The van der Waals surface area contributed by atoms with Crippen molar-refractivity contribution >= 4 is 35.3 Å². The number of rotatable bonds is 11. The molecule has 2 aromatic heterocycles. The molecule has 0 aliphatic heterocycles. The van der Waals surface area contributed by atoms with E-state index in [-0.39, 0.29) is 40.2 Å². The van der Waals surface area contributed by atoms with Crippen LogP contribution in [-0.4, -0.2) is 76.3 Å². The first-order chi connectivity index (χ1) is 20.2. The van der Waals surface area contributed by atoms with Crippen LogP contribution in [0.3, 0.4) is 0 Å². The maximum atomic E-state index is 13.0. The summed E-state index contributed by atoms with van der Waals surface area (Å²) < 4.78 is 3.25. The third-order valence-electron chi connectivity index (χ3n) is 7.07. The van der Waals surface area contributed by atoms with Crippen LogP contribution >= 0.6 is 23.5 Å². The SMILES string of the molecule is CC1(C)CC(NC(=O)CSc2nnnn2-c2ccccc2)CC(C)(CNC(=O)CSc2nnnn2-c2ccccc2)C1. The molecular formula is C28H34N10O2S2. The highest BCUT2D eigenvalue weighted by Crippen LogP contribution is 2.45. The van der Waals surface area contributed by atoms with Gasteiger partial charge in [-0.3, -0.25) is 9.59 Å². The van der Waals surface area contributed by atoms with Gasteiger partial charge in [-0.25, -0.2) is 0 Å². The molecule has 1 fully saturated rings. The lowest BCUT2D eigenvalue weighted by Gasteiger charge is -2.47. The highest BCUT2D eigenvalue weighted by Gasteiger charge is 2.41. The van der Waals surface area contributed by atoms with Gasteiger partial charge in [-0.05, 0) is 75.2 Å². The number of thioether (sulfide) groups is 2. The summed E-state index contributed by atoms with van der Waals surface area (Å²) >= 11 is 2.60. The summed E-state index contributed by atoms with van der Waals surface area (Å²) in [6, 6.07) is 19.2. The Balaban J connectivity index is 1.12. The van der Waals surface area contributed by atoms with Gasteiger partial charge in [0, 0.05) is 12.6 Å². The number of hydrogen-bond acceptors (Lipinski definition) is 10. The van der Waals surface area contributed by atoms with E-state index >= 15 is 0 Å². The summed E-state index contributed by atoms with van der Waals surface area (Å²) in [7, 11) is 0. The fourth-order valence-electron chi connectivity index (χ4n) is 5.76. The van der Waals surface area contributed by atoms with Gasteiger partial charge in [0.15, 0.2) is 0 Å². The Morgan fingerprint density at radius 3 is 1.88 bits per heavy atom. The minimum atomic E-state index is -0.170. The maximum absolute atomic E-state index is 13.0. The topological polar surface area (TPSA) is 145 Å². The molecule has 14 heteroatoms. The number of carbonyl (C=O) groups is 2. The van der Waals surface area contributed by atoms with E-state index in [0.717, 1.165) is 30.6 Å². The fraction of sp³-hybridized carbons (Fsp3) is 0.429. The summed E-state index contributed by atoms with van der Waals surface area (Å²) in [5.41, 5.74) is 1.51. The lowest BCUT2D eigenvalue weighted by molar-refractivity contribution is -0.121. The highest BCUT2D eigenvalue weighted by atomic mass is 32.2. The molecule has 2 amide bonds. The van der Waals surface area contributed by atoms with Gasteiger partial charge in [0.2, 0.25) is 22.1 Å². The van der Waals surface area contributed by atoms with Gasteiger partial charge in [-0.15, -0.1) is 10.2 Å². The Hall–Kier alpha value is -3.78. The van der Waals surface area contributed by atoms with E-state index in [1.807, 2.05) is 60.7 Å². The quantitative estimate of drug-likeness (QED) is 0.244. The number of carbonyl (C=O) groups excluding carboxylic acids is 2. The molecule has 220 valence electrons. The molecule has 1 saturated carbocycles. The standard InChI is InChI=1S/C28H34N10O2S2/c1-27(2)14-20(30-24(40)17-42-26-32-34-36-38(26)22-12-8-5-9-13-22)15-28(3,18-27)19-29-23(39)16-41-25-31-33-35-37(25)21-10-6-4-7-11-21/h4-13,20H,14-19H2,1-3H3,(H,29,39)(H,30,40). The lowest BCUT2D eigenvalue weighted by Crippen LogP contribution is -2.50. The zero-order valence-electron chi connectivity index (χ0n) is 23.8. The molecule has 2 N–H and O–H groups in total. The van der Waals surface area contributed by atoms with Crippen molar-refractivity contribution in [2.45, 2.75) is 56.4 Å². The number of nitrogens with zero attached hydrogens (tertiary/aromatic N) is 8. The summed E-state index contributed by atoms with van der Waals surface area (Å²) in [6.07, 6.45) is 2.58. The molecule has 2 heterocycles. The number of hydrogen-bond donors (Lipinski definition) is 2. The minimum absolute atomic E-state index is 0.00116. The van der Waals surface area contributed by atoms with Crippen molar-refractivity contribution in [1.82, 2.24) is 51.0 Å². The van der Waals surface area contributed by atoms with Gasteiger partial charge < -0.3 is 10.6 Å². The van der Waals surface area contributed by atoms with Crippen molar-refractivity contribution in [1.29, 1.82) is 0 Å². The van der Waals surface area contributed by atoms with E-state index in [0.29, 0.717) is 16.9 Å². The van der Waals surface area contributed by atoms with Gasteiger partial charge in [-0.1, -0.05) is 80.7 Å². The van der Waals surface area contributed by atoms with Gasteiger partial charge in [0.05, 0.1) is 22.9 Å². The van der Waals surface area contributed by atoms with Gasteiger partial charge >= 0.3 is 0 Å². The second kappa shape index (κ2) is 13.0. The van der Waals surface area contributed by atoms with Crippen LogP contribution in [0.1, 0.15) is 40.0 Å². The summed E-state index contributed by atoms with van der Waals surface area (Å²) in [4.78, 5) is 25.8. The molecule has 2 aromatic carbocycles. The van der Waals surface area contributed by atoms with Crippen molar-refractivity contribution in [2.24, 2.45) is 10.8 Å². The van der Waals surface area contributed by atoms with Crippen LogP contribution in [0.15, 0.2) is 71.0 Å². The molecule has 1 aliphatic rings. The average molecular weight is 607 g/mol. The van der Waals surface area contributed by atoms with Crippen LogP contribution in [0.5, 0.6) is 0 Å². The molecule has 2 atom stereocenters. The molecule has 5 rings (SSSR count). The zero-order chi connectivity index (χ0) is 29.6. The molecule has 0 bridgehead atoms. The second-order valence-electron chi connectivity index (χ2n) is 11.6. The van der Waals surface area contributed by atoms with E-state index < -0.39 is 0 Å². The maximum Gasteiger partial charge on any atom is 0.230 e. The van der Waals surface area contributed by atoms with Crippen molar-refractivity contribution < 1.29 is 9.59 Å². The first kappa shape index (κ1) is 29.7. The average Bonchev–Trinajstić information content (AvgIpc) is 3.64. The number of amides is 2. The Morgan fingerprint density at radius 1 is 0.810 bits per heavy atom. The van der Waals surface area contributed by atoms with Gasteiger partial charge in [0.1, 0.15) is 0 Å². The van der Waals surface area contributed by atoms with Crippen LogP contribution < -0.4 is 10.6 Å². The first-order valence-electron chi connectivity index (χ1n) is 13.7. The molecule has 42 heavy (non-hydrogen) atoms. The molecule has 0 saturated heterocycles. The van der Waals surface area contributed by atoms with Crippen molar-refractivity contribution in [3.05, 3.63) is 60.7 Å². The number of nitrogens with one attached hydrogen (secondary N) is 2. The number of aromatic nitrogens is 8. The van der Waals surface area contributed by atoms with E-state index in [9.17, 15) is 9.59 Å². The predicted octanol–water partition coefficient (Wildman–Crippen LogP) is 3.34. The number of tetrazole rings is 2. The number of benzene rings is 2. The Labute approximate surface area is 252 Å². The Bertz CT molecular complexity index is 1490. The first-order valence-corrected chi connectivity index (χ1v) is 15.7. The van der Waals surface area contributed by atoms with Crippen molar-refractivity contribution in [3.8, 4) is 11.4 Å². The summed E-state index contributed by atoms with van der Waals surface area (Å²) in [5, 5.41) is 31.2. The smallest absolute Gasteiger partial charge is 0.230 e. The molecular weight excluding hydrogens is 573 g/mol. The molecule has 1 aliphatic carbocycles. The molecule has 12 nitrogen and oxygen atoms in total. The lowest BCUT2D eigenvalue weighted by atomic mass is 9.62. The van der Waals surface area contributed by atoms with E-state index in [2.05, 4.69) is 62.5 Å². The van der Waals surface area contributed by atoms with Crippen LogP contribution in [0.2, 0.25) is 0 Å².